The van der Waals surface area contributed by atoms with Crippen molar-refractivity contribution in [2.75, 3.05) is 0 Å². The second-order valence-electron chi connectivity index (χ2n) is 7.25. The number of hydrogen-bond acceptors (Lipinski definition) is 3. The van der Waals surface area contributed by atoms with Crippen molar-refractivity contribution in [2.45, 2.75) is 44.6 Å². The third-order valence-electron chi connectivity index (χ3n) is 6.29. The van der Waals surface area contributed by atoms with Gasteiger partial charge in [0.15, 0.2) is 11.5 Å². The summed E-state index contributed by atoms with van der Waals surface area (Å²) < 4.78 is 0. The number of rotatable bonds is 0. The van der Waals surface area contributed by atoms with Gasteiger partial charge in [-0.25, -0.2) is 0 Å². The fraction of sp³-hybridized carbons (Fsp3) is 0.556. The van der Waals surface area contributed by atoms with Crippen LogP contribution in [0.1, 0.15) is 43.2 Å². The Balaban J connectivity index is 1.75. The van der Waals surface area contributed by atoms with E-state index >= 15 is 0 Å². The molecule has 1 aromatic rings. The van der Waals surface area contributed by atoms with Crippen molar-refractivity contribution in [2.24, 2.45) is 17.3 Å². The van der Waals surface area contributed by atoms with Crippen LogP contribution >= 0.6 is 0 Å². The lowest BCUT2D eigenvalue weighted by Crippen LogP contribution is -2.44. The molecular formula is C18H22O3. The van der Waals surface area contributed by atoms with Gasteiger partial charge in [0.2, 0.25) is 0 Å². The Kier molecular flexibility index (Phi) is 2.68. The van der Waals surface area contributed by atoms with Gasteiger partial charge in [-0.1, -0.05) is 19.1 Å². The summed E-state index contributed by atoms with van der Waals surface area (Å²) in [6.45, 7) is 2.21. The van der Waals surface area contributed by atoms with Crippen LogP contribution in [0.25, 0.3) is 0 Å². The van der Waals surface area contributed by atoms with E-state index in [1.807, 2.05) is 6.08 Å². The normalized spacial score (nSPS) is 40.5. The SMILES string of the molecule is C[C@]12CCC3c4cc(O)c(O)cc4CCC3C1C=C[C@@H]2O. The first-order valence-electron chi connectivity index (χ1n) is 7.92. The van der Waals surface area contributed by atoms with Crippen molar-refractivity contribution >= 4 is 0 Å². The Morgan fingerprint density at radius 2 is 1.86 bits per heavy atom. The highest BCUT2D eigenvalue weighted by molar-refractivity contribution is 5.48. The molecule has 3 aliphatic rings. The third-order valence-corrected chi connectivity index (χ3v) is 6.29. The third kappa shape index (κ3) is 1.70. The largest absolute Gasteiger partial charge is 0.504 e. The molecule has 112 valence electrons. The topological polar surface area (TPSA) is 60.7 Å². The first kappa shape index (κ1) is 13.2. The van der Waals surface area contributed by atoms with Gasteiger partial charge in [0, 0.05) is 5.41 Å². The summed E-state index contributed by atoms with van der Waals surface area (Å²) in [6.07, 6.45) is 7.96. The predicted octanol–water partition coefficient (Wildman–Crippen LogP) is 3.09. The molecule has 3 aliphatic carbocycles. The summed E-state index contributed by atoms with van der Waals surface area (Å²) in [5, 5.41) is 29.8. The molecule has 1 aromatic carbocycles. The molecule has 3 nitrogen and oxygen atoms in total. The lowest BCUT2D eigenvalue weighted by Gasteiger charge is -2.50. The second-order valence-corrected chi connectivity index (χ2v) is 7.25. The fourth-order valence-corrected chi connectivity index (χ4v) is 5.03. The number of aromatic hydroxyl groups is 2. The minimum Gasteiger partial charge on any atom is -0.504 e. The van der Waals surface area contributed by atoms with E-state index in [4.69, 9.17) is 0 Å². The Hall–Kier alpha value is -1.48. The van der Waals surface area contributed by atoms with Gasteiger partial charge in [-0.05, 0) is 66.7 Å². The Labute approximate surface area is 124 Å². The number of phenols is 2. The highest BCUT2D eigenvalue weighted by Crippen LogP contribution is 2.59. The molecule has 1 fully saturated rings. The summed E-state index contributed by atoms with van der Waals surface area (Å²) in [5.74, 6) is 1.38. The van der Waals surface area contributed by atoms with Crippen molar-refractivity contribution in [1.82, 2.24) is 0 Å². The van der Waals surface area contributed by atoms with Gasteiger partial charge < -0.3 is 15.3 Å². The number of phenolic OH excluding ortho intramolecular Hbond substituents is 2. The Morgan fingerprint density at radius 3 is 2.67 bits per heavy atom. The highest BCUT2D eigenvalue weighted by atomic mass is 16.3. The van der Waals surface area contributed by atoms with E-state index < -0.39 is 0 Å². The monoisotopic (exact) mass is 286 g/mol. The summed E-state index contributed by atoms with van der Waals surface area (Å²) in [4.78, 5) is 0. The van der Waals surface area contributed by atoms with Crippen LogP contribution in [0, 0.1) is 17.3 Å². The first-order chi connectivity index (χ1) is 10.0. The van der Waals surface area contributed by atoms with Crippen LogP contribution in [-0.4, -0.2) is 21.4 Å². The minimum atomic E-state index is -0.321. The fourth-order valence-electron chi connectivity index (χ4n) is 5.03. The maximum atomic E-state index is 10.3. The lowest BCUT2D eigenvalue weighted by molar-refractivity contribution is -0.0102. The van der Waals surface area contributed by atoms with E-state index in [0.29, 0.717) is 17.8 Å². The molecule has 0 heterocycles. The minimum absolute atomic E-state index is 0.00951. The smallest absolute Gasteiger partial charge is 0.157 e. The maximum absolute atomic E-state index is 10.3. The molecule has 0 amide bonds. The molecule has 1 saturated carbocycles. The molecule has 3 heteroatoms. The van der Waals surface area contributed by atoms with Crippen molar-refractivity contribution < 1.29 is 15.3 Å². The molecule has 5 atom stereocenters. The Bertz CT molecular complexity index is 621. The van der Waals surface area contributed by atoms with Gasteiger partial charge >= 0.3 is 0 Å². The highest BCUT2D eigenvalue weighted by Gasteiger charge is 2.52. The molecule has 0 spiro atoms. The van der Waals surface area contributed by atoms with Crippen LogP contribution in [0.15, 0.2) is 24.3 Å². The molecule has 0 aromatic heterocycles. The molecule has 0 bridgehead atoms. The Morgan fingerprint density at radius 1 is 1.10 bits per heavy atom. The standard InChI is InChI=1S/C18H22O3/c1-18-7-6-11-12(14(18)4-5-17(18)21)3-2-10-8-15(19)16(20)9-13(10)11/h4-5,8-9,11-12,14,17,19-21H,2-3,6-7H2,1H3/t11?,12?,14?,17-,18-/m0/s1. The average molecular weight is 286 g/mol. The lowest BCUT2D eigenvalue weighted by atomic mass is 9.55. The number of hydrogen-bond donors (Lipinski definition) is 3. The van der Waals surface area contributed by atoms with Crippen molar-refractivity contribution in [1.29, 1.82) is 0 Å². The molecule has 21 heavy (non-hydrogen) atoms. The van der Waals surface area contributed by atoms with Crippen molar-refractivity contribution in [3.05, 3.63) is 35.4 Å². The summed E-state index contributed by atoms with van der Waals surface area (Å²) in [5.41, 5.74) is 2.37. The van der Waals surface area contributed by atoms with Crippen molar-refractivity contribution in [3.63, 3.8) is 0 Å². The molecule has 0 radical (unpaired) electrons. The van der Waals surface area contributed by atoms with Crippen LogP contribution in [-0.2, 0) is 6.42 Å². The number of allylic oxidation sites excluding steroid dienone is 1. The van der Waals surface area contributed by atoms with Crippen molar-refractivity contribution in [3.8, 4) is 11.5 Å². The van der Waals surface area contributed by atoms with Crippen LogP contribution < -0.4 is 0 Å². The summed E-state index contributed by atoms with van der Waals surface area (Å²) in [6, 6.07) is 3.49. The van der Waals surface area contributed by atoms with Crippen LogP contribution in [0.4, 0.5) is 0 Å². The second kappa shape index (κ2) is 4.26. The van der Waals surface area contributed by atoms with Gasteiger partial charge in [0.05, 0.1) is 6.10 Å². The van der Waals surface area contributed by atoms with Crippen LogP contribution in [0.2, 0.25) is 0 Å². The van der Waals surface area contributed by atoms with E-state index in [2.05, 4.69) is 13.0 Å². The van der Waals surface area contributed by atoms with E-state index in [-0.39, 0.29) is 23.0 Å². The average Bonchev–Trinajstić information content (AvgIpc) is 2.76. The molecule has 4 rings (SSSR count). The zero-order valence-corrected chi connectivity index (χ0v) is 12.3. The zero-order valence-electron chi connectivity index (χ0n) is 12.3. The van der Waals surface area contributed by atoms with E-state index in [1.54, 1.807) is 12.1 Å². The van der Waals surface area contributed by atoms with Gasteiger partial charge in [-0.3, -0.25) is 0 Å². The van der Waals surface area contributed by atoms with Gasteiger partial charge in [0.25, 0.3) is 0 Å². The number of benzene rings is 1. The quantitative estimate of drug-likeness (QED) is 0.507. The predicted molar refractivity (Wildman–Crippen MR) is 80.3 cm³/mol. The molecule has 0 aliphatic heterocycles. The summed E-state index contributed by atoms with van der Waals surface area (Å²) in [7, 11) is 0. The number of aliphatic hydroxyl groups excluding tert-OH is 1. The summed E-state index contributed by atoms with van der Waals surface area (Å²) >= 11 is 0. The molecule has 3 unspecified atom stereocenters. The van der Waals surface area contributed by atoms with E-state index in [9.17, 15) is 15.3 Å². The van der Waals surface area contributed by atoms with Crippen LogP contribution in [0.3, 0.4) is 0 Å². The van der Waals surface area contributed by atoms with Gasteiger partial charge in [-0.15, -0.1) is 0 Å². The van der Waals surface area contributed by atoms with E-state index in [1.165, 1.54) is 11.1 Å². The first-order valence-corrected chi connectivity index (χ1v) is 7.92. The number of fused-ring (bicyclic) bond motifs is 5. The molecule has 3 N–H and O–H groups in total. The van der Waals surface area contributed by atoms with Gasteiger partial charge in [0.1, 0.15) is 0 Å². The number of aryl methyl sites for hydroxylation is 1. The van der Waals surface area contributed by atoms with E-state index in [0.717, 1.165) is 25.7 Å². The molecule has 0 saturated heterocycles. The van der Waals surface area contributed by atoms with Crippen LogP contribution in [0.5, 0.6) is 11.5 Å². The maximum Gasteiger partial charge on any atom is 0.157 e. The number of aliphatic hydroxyl groups is 1. The zero-order chi connectivity index (χ0) is 14.8. The van der Waals surface area contributed by atoms with Gasteiger partial charge in [-0.2, -0.15) is 0 Å². The molecular weight excluding hydrogens is 264 g/mol.